The first-order valence-corrected chi connectivity index (χ1v) is 3.81. The predicted octanol–water partition coefficient (Wildman–Crippen LogP) is 0.990. The summed E-state index contributed by atoms with van der Waals surface area (Å²) in [6, 6.07) is 9.74. The van der Waals surface area contributed by atoms with Gasteiger partial charge in [0, 0.05) is 5.56 Å². The Balaban J connectivity index is 2.94. The summed E-state index contributed by atoms with van der Waals surface area (Å²) in [5.41, 5.74) is -0.0686. The van der Waals surface area contributed by atoms with Crippen LogP contribution in [0.5, 0.6) is 0 Å². The standard InChI is InChI=1S/C10H6N2O2/c11-6-9(7-13)12-10(14)8-4-2-1-3-5-8/h1-5,7H. The van der Waals surface area contributed by atoms with Gasteiger partial charge in [0.15, 0.2) is 12.0 Å². The van der Waals surface area contributed by atoms with Crippen LogP contribution in [0.3, 0.4) is 0 Å². The van der Waals surface area contributed by atoms with Gasteiger partial charge in [-0.05, 0) is 12.1 Å². The summed E-state index contributed by atoms with van der Waals surface area (Å²) in [4.78, 5) is 24.8. The molecule has 0 N–H and O–H groups in total. The van der Waals surface area contributed by atoms with E-state index in [0.29, 0.717) is 5.56 Å². The summed E-state index contributed by atoms with van der Waals surface area (Å²) in [7, 11) is 0. The molecule has 0 unspecified atom stereocenters. The summed E-state index contributed by atoms with van der Waals surface area (Å²) < 4.78 is 0. The van der Waals surface area contributed by atoms with Gasteiger partial charge in [0.1, 0.15) is 6.07 Å². The van der Waals surface area contributed by atoms with Crippen molar-refractivity contribution in [2.75, 3.05) is 0 Å². The molecule has 1 aromatic rings. The molecule has 0 radical (unpaired) electrons. The van der Waals surface area contributed by atoms with Gasteiger partial charge in [-0.1, -0.05) is 18.2 Å². The first-order chi connectivity index (χ1) is 6.77. The van der Waals surface area contributed by atoms with Gasteiger partial charge in [0.25, 0.3) is 5.91 Å². The maximum Gasteiger partial charge on any atom is 0.278 e. The Bertz CT molecular complexity index is 415. The van der Waals surface area contributed by atoms with Crippen LogP contribution in [-0.4, -0.2) is 17.9 Å². The molecule has 0 spiro atoms. The molecule has 1 amide bonds. The van der Waals surface area contributed by atoms with Crippen LogP contribution < -0.4 is 0 Å². The zero-order chi connectivity index (χ0) is 10.4. The Morgan fingerprint density at radius 3 is 2.50 bits per heavy atom. The molecular weight excluding hydrogens is 180 g/mol. The summed E-state index contributed by atoms with van der Waals surface area (Å²) in [5, 5.41) is 8.36. The van der Waals surface area contributed by atoms with Crippen LogP contribution in [0.15, 0.2) is 35.3 Å². The lowest BCUT2D eigenvalue weighted by molar-refractivity contribution is -0.102. The average molecular weight is 186 g/mol. The molecule has 0 saturated carbocycles. The normalized spacial score (nSPS) is 10.4. The van der Waals surface area contributed by atoms with E-state index in [-0.39, 0.29) is 6.29 Å². The minimum Gasteiger partial charge on any atom is -0.295 e. The number of nitrogens with zero attached hydrogens (tertiary/aromatic N) is 2. The largest absolute Gasteiger partial charge is 0.295 e. The Labute approximate surface area is 80.5 Å². The number of carbonyl (C=O) groups excluding carboxylic acids is 2. The minimum atomic E-state index is -0.589. The van der Waals surface area contributed by atoms with Gasteiger partial charge in [-0.2, -0.15) is 10.3 Å². The van der Waals surface area contributed by atoms with Crippen LogP contribution in [0, 0.1) is 11.3 Å². The lowest BCUT2D eigenvalue weighted by Crippen LogP contribution is -2.02. The Morgan fingerprint density at radius 1 is 1.36 bits per heavy atom. The van der Waals surface area contributed by atoms with E-state index in [9.17, 15) is 9.59 Å². The van der Waals surface area contributed by atoms with Gasteiger partial charge < -0.3 is 0 Å². The third kappa shape index (κ3) is 2.35. The van der Waals surface area contributed by atoms with Crippen LogP contribution in [0.2, 0.25) is 0 Å². The predicted molar refractivity (Wildman–Crippen MR) is 49.9 cm³/mol. The molecule has 0 aliphatic carbocycles. The molecule has 0 atom stereocenters. The average Bonchev–Trinajstić information content (AvgIpc) is 2.26. The van der Waals surface area contributed by atoms with E-state index in [1.54, 1.807) is 30.3 Å². The SMILES string of the molecule is N#CC(C=O)=NC(=O)c1ccccc1. The van der Waals surface area contributed by atoms with E-state index >= 15 is 0 Å². The summed E-state index contributed by atoms with van der Waals surface area (Å²) in [6.07, 6.45) is 0.251. The van der Waals surface area contributed by atoms with Gasteiger partial charge >= 0.3 is 0 Å². The number of amides is 1. The van der Waals surface area contributed by atoms with Gasteiger partial charge in [-0.25, -0.2) is 0 Å². The monoisotopic (exact) mass is 186 g/mol. The fraction of sp³-hybridized carbons (Fsp3) is 0. The smallest absolute Gasteiger partial charge is 0.278 e. The maximum absolute atomic E-state index is 11.3. The van der Waals surface area contributed by atoms with Crippen molar-refractivity contribution in [1.82, 2.24) is 0 Å². The van der Waals surface area contributed by atoms with Gasteiger partial charge in [-0.3, -0.25) is 9.59 Å². The Morgan fingerprint density at radius 2 is 2.00 bits per heavy atom. The van der Waals surface area contributed by atoms with Crippen LogP contribution in [0.25, 0.3) is 0 Å². The summed E-state index contributed by atoms with van der Waals surface area (Å²) >= 11 is 0. The highest BCUT2D eigenvalue weighted by Gasteiger charge is 2.04. The van der Waals surface area contributed by atoms with Gasteiger partial charge in [0.2, 0.25) is 0 Å². The molecule has 68 valence electrons. The fourth-order valence-electron chi connectivity index (χ4n) is 0.832. The van der Waals surface area contributed by atoms with Crippen molar-refractivity contribution in [2.45, 2.75) is 0 Å². The number of aldehydes is 1. The lowest BCUT2D eigenvalue weighted by atomic mass is 10.2. The van der Waals surface area contributed by atoms with Crippen molar-refractivity contribution in [2.24, 2.45) is 4.99 Å². The third-order valence-electron chi connectivity index (χ3n) is 1.47. The van der Waals surface area contributed by atoms with Crippen molar-refractivity contribution in [3.05, 3.63) is 35.9 Å². The molecule has 14 heavy (non-hydrogen) atoms. The quantitative estimate of drug-likeness (QED) is 0.510. The number of hydrogen-bond donors (Lipinski definition) is 0. The highest BCUT2D eigenvalue weighted by Crippen LogP contribution is 2.00. The van der Waals surface area contributed by atoms with E-state index in [2.05, 4.69) is 4.99 Å². The minimum absolute atomic E-state index is 0.251. The van der Waals surface area contributed by atoms with Crippen LogP contribution in [0.4, 0.5) is 0 Å². The van der Waals surface area contributed by atoms with Gasteiger partial charge in [0.05, 0.1) is 0 Å². The maximum atomic E-state index is 11.3. The second-order valence-electron chi connectivity index (χ2n) is 2.40. The Hall–Kier alpha value is -2.28. The number of aliphatic imine (C=N–C) groups is 1. The third-order valence-corrected chi connectivity index (χ3v) is 1.47. The zero-order valence-electron chi connectivity index (χ0n) is 7.18. The van der Waals surface area contributed by atoms with Crippen molar-refractivity contribution in [3.8, 4) is 6.07 Å². The topological polar surface area (TPSA) is 70.3 Å². The van der Waals surface area contributed by atoms with Gasteiger partial charge in [-0.15, -0.1) is 0 Å². The summed E-state index contributed by atoms with van der Waals surface area (Å²) in [5.74, 6) is -0.589. The fourth-order valence-corrected chi connectivity index (χ4v) is 0.832. The van der Waals surface area contributed by atoms with Crippen molar-refractivity contribution < 1.29 is 9.59 Å². The van der Waals surface area contributed by atoms with Crippen LogP contribution in [-0.2, 0) is 4.79 Å². The number of carbonyl (C=O) groups is 2. The molecular formula is C10H6N2O2. The first-order valence-electron chi connectivity index (χ1n) is 3.81. The van der Waals surface area contributed by atoms with Crippen molar-refractivity contribution in [1.29, 1.82) is 5.26 Å². The molecule has 4 heteroatoms. The van der Waals surface area contributed by atoms with E-state index in [0.717, 1.165) is 0 Å². The second-order valence-corrected chi connectivity index (χ2v) is 2.40. The number of nitriles is 1. The van der Waals surface area contributed by atoms with Crippen molar-refractivity contribution >= 4 is 17.9 Å². The number of hydrogen-bond acceptors (Lipinski definition) is 3. The first kappa shape index (κ1) is 9.81. The summed E-state index contributed by atoms with van der Waals surface area (Å²) in [6.45, 7) is 0. The van der Waals surface area contributed by atoms with E-state index < -0.39 is 11.6 Å². The van der Waals surface area contributed by atoms with Crippen molar-refractivity contribution in [3.63, 3.8) is 0 Å². The second kappa shape index (κ2) is 4.67. The van der Waals surface area contributed by atoms with E-state index in [4.69, 9.17) is 5.26 Å². The zero-order valence-corrected chi connectivity index (χ0v) is 7.18. The molecule has 0 heterocycles. The number of benzene rings is 1. The molecule has 4 nitrogen and oxygen atoms in total. The molecule has 0 aromatic heterocycles. The lowest BCUT2D eigenvalue weighted by Gasteiger charge is -1.92. The molecule has 1 rings (SSSR count). The molecule has 0 fully saturated rings. The molecule has 0 bridgehead atoms. The Kier molecular flexibility index (Phi) is 3.27. The molecule has 1 aromatic carbocycles. The van der Waals surface area contributed by atoms with E-state index in [1.165, 1.54) is 6.07 Å². The van der Waals surface area contributed by atoms with Crippen LogP contribution >= 0.6 is 0 Å². The highest BCUT2D eigenvalue weighted by molar-refractivity contribution is 6.38. The molecule has 0 aliphatic heterocycles. The number of rotatable bonds is 2. The van der Waals surface area contributed by atoms with E-state index in [1.807, 2.05) is 0 Å². The molecule has 0 aliphatic rings. The molecule has 0 saturated heterocycles. The van der Waals surface area contributed by atoms with Crippen LogP contribution in [0.1, 0.15) is 10.4 Å². The highest BCUT2D eigenvalue weighted by atomic mass is 16.1.